The van der Waals surface area contributed by atoms with Crippen LogP contribution in [0, 0.1) is 5.92 Å². The fourth-order valence-electron chi connectivity index (χ4n) is 1.78. The topological polar surface area (TPSA) is 67.2 Å². The molecule has 0 spiro atoms. The summed E-state index contributed by atoms with van der Waals surface area (Å²) >= 11 is 0. The zero-order chi connectivity index (χ0) is 10.6. The number of amides is 1. The lowest BCUT2D eigenvalue weighted by Crippen LogP contribution is -2.48. The van der Waals surface area contributed by atoms with Crippen molar-refractivity contribution in [2.75, 3.05) is 13.1 Å². The highest BCUT2D eigenvalue weighted by atomic mass is 35.5. The Kier molecular flexibility index (Phi) is 6.89. The second-order valence-electron chi connectivity index (χ2n) is 4.19. The maximum atomic E-state index is 11.3. The van der Waals surface area contributed by atoms with E-state index in [4.69, 9.17) is 5.73 Å². The Morgan fingerprint density at radius 2 is 2.20 bits per heavy atom. The molecule has 0 radical (unpaired) electrons. The Balaban J connectivity index is 0.00000196. The van der Waals surface area contributed by atoms with E-state index in [0.29, 0.717) is 5.92 Å². The van der Waals surface area contributed by atoms with Crippen molar-refractivity contribution in [1.29, 1.82) is 0 Å². The molecule has 0 bridgehead atoms. The van der Waals surface area contributed by atoms with Gasteiger partial charge in [-0.05, 0) is 45.7 Å². The summed E-state index contributed by atoms with van der Waals surface area (Å²) in [5, 5.41) is 6.28. The van der Waals surface area contributed by atoms with E-state index < -0.39 is 6.04 Å². The minimum absolute atomic E-state index is 0. The molecule has 1 saturated heterocycles. The van der Waals surface area contributed by atoms with Crippen molar-refractivity contribution < 1.29 is 4.79 Å². The molecule has 5 heteroatoms. The molecule has 4 nitrogen and oxygen atoms in total. The highest BCUT2D eigenvalue weighted by molar-refractivity contribution is 5.85. The van der Waals surface area contributed by atoms with E-state index in [9.17, 15) is 4.79 Å². The monoisotopic (exact) mass is 235 g/mol. The van der Waals surface area contributed by atoms with Gasteiger partial charge in [0.25, 0.3) is 0 Å². The van der Waals surface area contributed by atoms with Gasteiger partial charge in [0, 0.05) is 6.04 Å². The fraction of sp³-hybridized carbons (Fsp3) is 0.900. The Morgan fingerprint density at radius 1 is 1.53 bits per heavy atom. The molecule has 0 saturated carbocycles. The molecule has 1 amide bonds. The zero-order valence-electron chi connectivity index (χ0n) is 9.45. The second-order valence-corrected chi connectivity index (χ2v) is 4.19. The molecule has 15 heavy (non-hydrogen) atoms. The molecule has 90 valence electrons. The van der Waals surface area contributed by atoms with Gasteiger partial charge in [-0.25, -0.2) is 0 Å². The summed E-state index contributed by atoms with van der Waals surface area (Å²) in [6, 6.07) is -0.185. The molecule has 1 aliphatic rings. The van der Waals surface area contributed by atoms with Gasteiger partial charge in [0.1, 0.15) is 0 Å². The summed E-state index contributed by atoms with van der Waals surface area (Å²) in [7, 11) is 0. The lowest BCUT2D eigenvalue weighted by atomic mass is 9.92. The molecule has 0 aromatic carbocycles. The van der Waals surface area contributed by atoms with Crippen LogP contribution in [0.5, 0.6) is 0 Å². The van der Waals surface area contributed by atoms with E-state index in [2.05, 4.69) is 17.6 Å². The van der Waals surface area contributed by atoms with Crippen molar-refractivity contribution in [2.45, 2.75) is 38.8 Å². The van der Waals surface area contributed by atoms with Crippen molar-refractivity contribution in [1.82, 2.24) is 10.6 Å². The molecule has 3 atom stereocenters. The Bertz CT molecular complexity index is 193. The predicted molar refractivity (Wildman–Crippen MR) is 64.1 cm³/mol. The van der Waals surface area contributed by atoms with Crippen LogP contribution in [0.1, 0.15) is 26.7 Å². The number of halogens is 1. The molecular weight excluding hydrogens is 214 g/mol. The van der Waals surface area contributed by atoms with Gasteiger partial charge in [-0.1, -0.05) is 0 Å². The summed E-state index contributed by atoms with van der Waals surface area (Å²) in [6.45, 7) is 5.87. The van der Waals surface area contributed by atoms with Crippen molar-refractivity contribution in [3.63, 3.8) is 0 Å². The highest BCUT2D eigenvalue weighted by Crippen LogP contribution is 2.13. The number of hydrogen-bond donors (Lipinski definition) is 3. The third-order valence-corrected chi connectivity index (χ3v) is 2.83. The SMILES string of the molecule is CC(NC(=O)[C@@H](C)N)C1CCCNC1.Cl. The molecule has 0 aliphatic carbocycles. The van der Waals surface area contributed by atoms with Crippen LogP contribution in [0.15, 0.2) is 0 Å². The number of rotatable bonds is 3. The molecule has 1 rings (SSSR count). The van der Waals surface area contributed by atoms with Crippen LogP contribution in [0.4, 0.5) is 0 Å². The Labute approximate surface area is 97.8 Å². The van der Waals surface area contributed by atoms with Crippen LogP contribution in [-0.2, 0) is 4.79 Å². The first-order valence-corrected chi connectivity index (χ1v) is 5.38. The molecule has 4 N–H and O–H groups in total. The van der Waals surface area contributed by atoms with Gasteiger partial charge in [0.2, 0.25) is 5.91 Å². The fourth-order valence-corrected chi connectivity index (χ4v) is 1.78. The molecular formula is C10H22ClN3O. The lowest BCUT2D eigenvalue weighted by molar-refractivity contribution is -0.123. The van der Waals surface area contributed by atoms with Gasteiger partial charge in [0.05, 0.1) is 6.04 Å². The van der Waals surface area contributed by atoms with Gasteiger partial charge in [-0.2, -0.15) is 0 Å². The van der Waals surface area contributed by atoms with Gasteiger partial charge in [-0.15, -0.1) is 12.4 Å². The Morgan fingerprint density at radius 3 is 2.67 bits per heavy atom. The predicted octanol–water partition coefficient (Wildman–Crippen LogP) is 0.260. The molecule has 1 fully saturated rings. The molecule has 2 unspecified atom stereocenters. The van der Waals surface area contributed by atoms with Gasteiger partial charge >= 0.3 is 0 Å². The maximum absolute atomic E-state index is 11.3. The molecule has 0 aromatic rings. The van der Waals surface area contributed by atoms with E-state index in [0.717, 1.165) is 13.1 Å². The molecule has 1 aliphatic heterocycles. The number of nitrogens with two attached hydrogens (primary N) is 1. The normalized spacial score (nSPS) is 24.9. The van der Waals surface area contributed by atoms with Crippen molar-refractivity contribution in [3.05, 3.63) is 0 Å². The number of hydrogen-bond acceptors (Lipinski definition) is 3. The van der Waals surface area contributed by atoms with E-state index in [1.54, 1.807) is 6.92 Å². The van der Waals surface area contributed by atoms with Crippen molar-refractivity contribution in [2.24, 2.45) is 11.7 Å². The summed E-state index contributed by atoms with van der Waals surface area (Å²) in [5.74, 6) is 0.495. The second kappa shape index (κ2) is 7.04. The average Bonchev–Trinajstić information content (AvgIpc) is 2.19. The zero-order valence-corrected chi connectivity index (χ0v) is 10.3. The summed E-state index contributed by atoms with van der Waals surface area (Å²) in [6.07, 6.45) is 2.39. The molecule has 0 aromatic heterocycles. The average molecular weight is 236 g/mol. The number of carbonyl (C=O) groups excluding carboxylic acids is 1. The lowest BCUT2D eigenvalue weighted by Gasteiger charge is -2.29. The quantitative estimate of drug-likeness (QED) is 0.658. The van der Waals surface area contributed by atoms with Gasteiger partial charge in [0.15, 0.2) is 0 Å². The van der Waals surface area contributed by atoms with Crippen LogP contribution >= 0.6 is 12.4 Å². The summed E-state index contributed by atoms with van der Waals surface area (Å²) < 4.78 is 0. The maximum Gasteiger partial charge on any atom is 0.236 e. The first-order chi connectivity index (χ1) is 6.61. The van der Waals surface area contributed by atoms with Crippen LogP contribution in [-0.4, -0.2) is 31.1 Å². The van der Waals surface area contributed by atoms with E-state index in [-0.39, 0.29) is 24.4 Å². The van der Waals surface area contributed by atoms with Crippen LogP contribution in [0.2, 0.25) is 0 Å². The minimum Gasteiger partial charge on any atom is -0.352 e. The van der Waals surface area contributed by atoms with Crippen LogP contribution in [0.3, 0.4) is 0 Å². The standard InChI is InChI=1S/C10H21N3O.ClH/c1-7(11)10(14)13-8(2)9-4-3-5-12-6-9;/h7-9,12H,3-6,11H2,1-2H3,(H,13,14);1H/t7-,8?,9?;/m1./s1. The molecule has 1 heterocycles. The van der Waals surface area contributed by atoms with Crippen molar-refractivity contribution >= 4 is 18.3 Å². The first-order valence-electron chi connectivity index (χ1n) is 5.38. The van der Waals surface area contributed by atoms with Crippen molar-refractivity contribution in [3.8, 4) is 0 Å². The smallest absolute Gasteiger partial charge is 0.236 e. The third kappa shape index (κ3) is 4.82. The largest absolute Gasteiger partial charge is 0.352 e. The number of piperidine rings is 1. The van der Waals surface area contributed by atoms with E-state index in [1.807, 2.05) is 0 Å². The minimum atomic E-state index is -0.408. The third-order valence-electron chi connectivity index (χ3n) is 2.83. The number of nitrogens with one attached hydrogen (secondary N) is 2. The summed E-state index contributed by atoms with van der Waals surface area (Å²) in [5.41, 5.74) is 5.49. The van der Waals surface area contributed by atoms with E-state index >= 15 is 0 Å². The first kappa shape index (κ1) is 14.7. The van der Waals surface area contributed by atoms with Gasteiger partial charge < -0.3 is 16.4 Å². The van der Waals surface area contributed by atoms with Crippen LogP contribution < -0.4 is 16.4 Å². The number of carbonyl (C=O) groups is 1. The van der Waals surface area contributed by atoms with E-state index in [1.165, 1.54) is 12.8 Å². The Hall–Kier alpha value is -0.320. The summed E-state index contributed by atoms with van der Waals surface area (Å²) in [4.78, 5) is 11.3. The van der Waals surface area contributed by atoms with Crippen LogP contribution in [0.25, 0.3) is 0 Å². The highest BCUT2D eigenvalue weighted by Gasteiger charge is 2.21. The van der Waals surface area contributed by atoms with Gasteiger partial charge in [-0.3, -0.25) is 4.79 Å².